The van der Waals surface area contributed by atoms with E-state index in [-0.39, 0.29) is 12.5 Å². The fraction of sp³-hybridized carbons (Fsp3) is 0.188. The topological polar surface area (TPSA) is 90.4 Å². The third kappa shape index (κ3) is 4.24. The predicted molar refractivity (Wildman–Crippen MR) is 90.1 cm³/mol. The second kappa shape index (κ2) is 7.84. The lowest BCUT2D eigenvalue weighted by Crippen LogP contribution is -2.23. The van der Waals surface area contributed by atoms with Crippen molar-refractivity contribution in [1.29, 1.82) is 0 Å². The number of hydrogen-bond donors (Lipinski definition) is 4. The van der Waals surface area contributed by atoms with Crippen molar-refractivity contribution in [2.24, 2.45) is 5.90 Å². The van der Waals surface area contributed by atoms with E-state index in [4.69, 9.17) is 11.6 Å². The summed E-state index contributed by atoms with van der Waals surface area (Å²) in [6.45, 7) is 0.677. The lowest BCUT2D eigenvalue weighted by atomic mass is 10.1. The second-order valence-electron chi connectivity index (χ2n) is 4.89. The molecule has 2 aromatic carbocycles. The minimum Gasteiger partial charge on any atom is -0.398 e. The number of nitrogens with two attached hydrogens (primary N) is 2. The highest BCUT2D eigenvalue weighted by Crippen LogP contribution is 2.16. The summed E-state index contributed by atoms with van der Waals surface area (Å²) in [5, 5.41) is 2.86. The zero-order valence-corrected chi connectivity index (χ0v) is 13.0. The summed E-state index contributed by atoms with van der Waals surface area (Å²) in [6, 6.07) is 12.8. The molecule has 5 N–H and O–H groups in total. The molecule has 1 amide bonds. The van der Waals surface area contributed by atoms with Gasteiger partial charge in [0.2, 0.25) is 0 Å². The molecule has 0 fully saturated rings. The largest absolute Gasteiger partial charge is 0.398 e. The van der Waals surface area contributed by atoms with Crippen LogP contribution in [0.15, 0.2) is 42.5 Å². The Kier molecular flexibility index (Phi) is 5.83. The molecule has 0 aliphatic rings. The molecular weight excluding hydrogens is 298 g/mol. The van der Waals surface area contributed by atoms with Crippen molar-refractivity contribution in [1.82, 2.24) is 5.32 Å². The van der Waals surface area contributed by atoms with Gasteiger partial charge in [0.05, 0.1) is 6.61 Å². The van der Waals surface area contributed by atoms with E-state index >= 15 is 0 Å². The average Bonchev–Trinajstić information content (AvgIpc) is 2.53. The van der Waals surface area contributed by atoms with Gasteiger partial charge in [-0.2, -0.15) is 12.6 Å². The summed E-state index contributed by atoms with van der Waals surface area (Å²) in [7, 11) is 0. The van der Waals surface area contributed by atoms with Gasteiger partial charge in [-0.3, -0.25) is 9.63 Å². The normalized spacial score (nSPS) is 10.5. The maximum Gasteiger partial charge on any atom is 0.251 e. The maximum atomic E-state index is 12.2. The zero-order chi connectivity index (χ0) is 15.9. The number of nitrogens with one attached hydrogen (secondary N) is 1. The minimum absolute atomic E-state index is 0.157. The number of nitrogen functional groups attached to an aromatic ring is 1. The van der Waals surface area contributed by atoms with E-state index in [0.717, 1.165) is 16.7 Å². The molecule has 116 valence electrons. The van der Waals surface area contributed by atoms with E-state index in [1.54, 1.807) is 18.2 Å². The van der Waals surface area contributed by atoms with E-state index in [0.29, 0.717) is 23.5 Å². The van der Waals surface area contributed by atoms with Crippen molar-refractivity contribution in [2.45, 2.75) is 18.9 Å². The Morgan fingerprint density at radius 1 is 1.18 bits per heavy atom. The van der Waals surface area contributed by atoms with Gasteiger partial charge in [0.25, 0.3) is 5.91 Å². The number of rotatable bonds is 6. The highest BCUT2D eigenvalue weighted by atomic mass is 32.1. The lowest BCUT2D eigenvalue weighted by Gasteiger charge is -2.09. The Morgan fingerprint density at radius 2 is 2.00 bits per heavy atom. The minimum atomic E-state index is -0.157. The molecular formula is C16H19N3O2S. The molecule has 0 radical (unpaired) electrons. The summed E-state index contributed by atoms with van der Waals surface area (Å²) < 4.78 is 0. The molecule has 0 unspecified atom stereocenters. The molecule has 0 spiro atoms. The van der Waals surface area contributed by atoms with Gasteiger partial charge in [-0.05, 0) is 34.9 Å². The first kappa shape index (κ1) is 16.4. The molecule has 0 aliphatic carbocycles. The number of anilines is 1. The molecule has 0 saturated heterocycles. The maximum absolute atomic E-state index is 12.2. The van der Waals surface area contributed by atoms with Crippen LogP contribution in [0, 0.1) is 0 Å². The molecule has 6 heteroatoms. The molecule has 5 nitrogen and oxygen atoms in total. The van der Waals surface area contributed by atoms with Gasteiger partial charge in [0.15, 0.2) is 0 Å². The van der Waals surface area contributed by atoms with E-state index < -0.39 is 0 Å². The molecule has 0 saturated carbocycles. The number of amides is 1. The van der Waals surface area contributed by atoms with Gasteiger partial charge in [0.1, 0.15) is 0 Å². The molecule has 0 atom stereocenters. The fourth-order valence-corrected chi connectivity index (χ4v) is 2.37. The van der Waals surface area contributed by atoms with Crippen LogP contribution in [0.3, 0.4) is 0 Å². The first-order valence-corrected chi connectivity index (χ1v) is 7.44. The van der Waals surface area contributed by atoms with Crippen molar-refractivity contribution in [3.05, 3.63) is 64.7 Å². The van der Waals surface area contributed by atoms with Gasteiger partial charge in [-0.1, -0.05) is 24.3 Å². The van der Waals surface area contributed by atoms with Crippen LogP contribution in [0.5, 0.6) is 0 Å². The van der Waals surface area contributed by atoms with Crippen LogP contribution in [-0.2, 0) is 23.7 Å². The summed E-state index contributed by atoms with van der Waals surface area (Å²) in [5.74, 6) is 5.48. The van der Waals surface area contributed by atoms with E-state index in [9.17, 15) is 4.79 Å². The first-order valence-electron chi connectivity index (χ1n) is 6.81. The Hall–Kier alpha value is -2.02. The van der Waals surface area contributed by atoms with Crippen LogP contribution in [0.2, 0.25) is 0 Å². The highest BCUT2D eigenvalue weighted by Gasteiger charge is 2.07. The van der Waals surface area contributed by atoms with Crippen molar-refractivity contribution >= 4 is 24.2 Å². The predicted octanol–water partition coefficient (Wildman–Crippen LogP) is 2.02. The number of thiol groups is 1. The summed E-state index contributed by atoms with van der Waals surface area (Å²) >= 11 is 4.20. The Morgan fingerprint density at radius 3 is 2.68 bits per heavy atom. The monoisotopic (exact) mass is 317 g/mol. The summed E-state index contributed by atoms with van der Waals surface area (Å²) in [6.07, 6.45) is 0. The molecule has 0 bridgehead atoms. The van der Waals surface area contributed by atoms with E-state index in [1.165, 1.54) is 0 Å². The van der Waals surface area contributed by atoms with Crippen LogP contribution < -0.4 is 16.9 Å². The number of hydrogen-bond acceptors (Lipinski definition) is 5. The molecule has 2 aromatic rings. The number of carbonyl (C=O) groups is 1. The molecule has 0 aliphatic heterocycles. The van der Waals surface area contributed by atoms with Gasteiger partial charge in [-0.15, -0.1) is 0 Å². The van der Waals surface area contributed by atoms with Crippen molar-refractivity contribution < 1.29 is 9.63 Å². The lowest BCUT2D eigenvalue weighted by molar-refractivity contribution is 0.0950. The van der Waals surface area contributed by atoms with Crippen molar-refractivity contribution in [3.63, 3.8) is 0 Å². The Bertz CT molecular complexity index is 662. The van der Waals surface area contributed by atoms with Gasteiger partial charge in [-0.25, -0.2) is 5.90 Å². The zero-order valence-electron chi connectivity index (χ0n) is 12.1. The van der Waals surface area contributed by atoms with Gasteiger partial charge in [0, 0.05) is 23.5 Å². The van der Waals surface area contributed by atoms with Crippen LogP contribution in [0.1, 0.15) is 27.0 Å². The van der Waals surface area contributed by atoms with Gasteiger partial charge < -0.3 is 11.1 Å². The van der Waals surface area contributed by atoms with Gasteiger partial charge >= 0.3 is 0 Å². The molecule has 0 aromatic heterocycles. The van der Waals surface area contributed by atoms with Crippen molar-refractivity contribution in [3.8, 4) is 0 Å². The van der Waals surface area contributed by atoms with Crippen molar-refractivity contribution in [2.75, 3.05) is 5.73 Å². The fourth-order valence-electron chi connectivity index (χ4n) is 2.08. The van der Waals surface area contributed by atoms with Crippen LogP contribution >= 0.6 is 12.6 Å². The molecule has 22 heavy (non-hydrogen) atoms. The smallest absolute Gasteiger partial charge is 0.251 e. The third-order valence-electron chi connectivity index (χ3n) is 3.27. The Labute approximate surface area is 135 Å². The molecule has 0 heterocycles. The highest BCUT2D eigenvalue weighted by molar-refractivity contribution is 7.79. The first-order chi connectivity index (χ1) is 10.6. The standard InChI is InChI=1S/C16H19N3O2S/c17-15-7-11(4-5-14(15)10-22)8-19-16(20)13-3-1-2-12(6-13)9-21-18/h1-7,22H,8-10,17-18H2,(H,19,20). The van der Waals surface area contributed by atoms with Crippen LogP contribution in [0.4, 0.5) is 5.69 Å². The average molecular weight is 317 g/mol. The second-order valence-corrected chi connectivity index (χ2v) is 5.20. The summed E-state index contributed by atoms with van der Waals surface area (Å²) in [4.78, 5) is 16.7. The third-order valence-corrected chi connectivity index (χ3v) is 3.61. The van der Waals surface area contributed by atoms with E-state index in [1.807, 2.05) is 24.3 Å². The Balaban J connectivity index is 2.00. The molecule has 2 rings (SSSR count). The summed E-state index contributed by atoms with van der Waals surface area (Å²) in [5.41, 5.74) is 9.93. The van der Waals surface area contributed by atoms with E-state index in [2.05, 4.69) is 22.8 Å². The number of benzene rings is 2. The SMILES string of the molecule is NOCc1cccc(C(=O)NCc2ccc(CS)c(N)c2)c1. The van der Waals surface area contributed by atoms with Crippen LogP contribution in [-0.4, -0.2) is 5.91 Å². The quantitative estimate of drug-likeness (QED) is 0.373. The number of carbonyl (C=O) groups excluding carboxylic acids is 1. The van der Waals surface area contributed by atoms with Crippen LogP contribution in [0.25, 0.3) is 0 Å².